The first-order chi connectivity index (χ1) is 16.0. The number of halogens is 17. The topological polar surface area (TPSA) is 90.2 Å². The molecule has 1 fully saturated rings. The van der Waals surface area contributed by atoms with Crippen LogP contribution in [0, 0.1) is 0 Å². The Morgan fingerprint density at radius 3 is 1.22 bits per heavy atom. The van der Waals surface area contributed by atoms with Crippen LogP contribution < -0.4 is 0 Å². The molecular formula is C14H11F17O5S. The Balaban J connectivity index is 3.53. The van der Waals surface area contributed by atoms with Crippen LogP contribution in [0.2, 0.25) is 0 Å². The largest absolute Gasteiger partial charge is 0.460 e. The Bertz CT molecular complexity index is 817. The smallest absolute Gasteiger partial charge is 0.394 e. The van der Waals surface area contributed by atoms with Crippen molar-refractivity contribution in [3.8, 4) is 0 Å². The SMILES string of the molecule is OC[C@H]1O[C@@H](SC(F)(F)C(F)(F)C(F)(F)C(F)(F)C(F)(F)C(F)(F)C(F)(F)C(F)(F)F)[C@H](O)[C@@H](O)[C@@H]1O. The van der Waals surface area contributed by atoms with Crippen molar-refractivity contribution in [2.75, 3.05) is 6.61 Å². The quantitative estimate of drug-likeness (QED) is 0.298. The van der Waals surface area contributed by atoms with Gasteiger partial charge >= 0.3 is 47.0 Å². The van der Waals surface area contributed by atoms with Crippen LogP contribution in [0.25, 0.3) is 0 Å². The Morgan fingerprint density at radius 2 is 0.865 bits per heavy atom. The molecule has 37 heavy (non-hydrogen) atoms. The zero-order chi connectivity index (χ0) is 30.0. The van der Waals surface area contributed by atoms with Gasteiger partial charge in [-0.1, -0.05) is 0 Å². The van der Waals surface area contributed by atoms with Crippen molar-refractivity contribution < 1.29 is 99.8 Å². The van der Waals surface area contributed by atoms with Crippen LogP contribution in [0.15, 0.2) is 0 Å². The van der Waals surface area contributed by atoms with Gasteiger partial charge in [0.25, 0.3) is 0 Å². The van der Waals surface area contributed by atoms with Crippen molar-refractivity contribution in [1.82, 2.24) is 0 Å². The van der Waals surface area contributed by atoms with Crippen molar-refractivity contribution in [3.63, 3.8) is 0 Å². The van der Waals surface area contributed by atoms with E-state index in [1.807, 2.05) is 0 Å². The molecule has 0 unspecified atom stereocenters. The van der Waals surface area contributed by atoms with Crippen LogP contribution in [-0.4, -0.2) is 104 Å². The zero-order valence-corrected chi connectivity index (χ0v) is 17.4. The molecule has 0 aliphatic carbocycles. The third-order valence-corrected chi connectivity index (χ3v) is 5.98. The zero-order valence-electron chi connectivity index (χ0n) is 16.6. The summed E-state index contributed by atoms with van der Waals surface area (Å²) in [7, 11) is 0. The van der Waals surface area contributed by atoms with Gasteiger partial charge in [-0.3, -0.25) is 0 Å². The summed E-state index contributed by atoms with van der Waals surface area (Å²) in [6, 6.07) is 0. The number of hydrogen-bond acceptors (Lipinski definition) is 6. The molecule has 1 heterocycles. The van der Waals surface area contributed by atoms with E-state index in [0.29, 0.717) is 0 Å². The maximum absolute atomic E-state index is 14.0. The van der Waals surface area contributed by atoms with E-state index in [4.69, 9.17) is 5.11 Å². The van der Waals surface area contributed by atoms with Gasteiger partial charge in [-0.15, -0.1) is 0 Å². The molecule has 222 valence electrons. The van der Waals surface area contributed by atoms with Gasteiger partial charge in [0.1, 0.15) is 29.9 Å². The predicted molar refractivity (Wildman–Crippen MR) is 82.0 cm³/mol. The molecule has 5 atom stereocenters. The molecule has 5 nitrogen and oxygen atoms in total. The van der Waals surface area contributed by atoms with Crippen LogP contribution >= 0.6 is 11.8 Å². The van der Waals surface area contributed by atoms with E-state index >= 15 is 0 Å². The molecule has 4 N–H and O–H groups in total. The van der Waals surface area contributed by atoms with Gasteiger partial charge < -0.3 is 25.2 Å². The van der Waals surface area contributed by atoms with E-state index in [9.17, 15) is 90.0 Å². The highest BCUT2D eigenvalue weighted by Crippen LogP contribution is 2.65. The lowest BCUT2D eigenvalue weighted by atomic mass is 9.91. The first-order valence-electron chi connectivity index (χ1n) is 8.71. The van der Waals surface area contributed by atoms with Crippen molar-refractivity contribution in [3.05, 3.63) is 0 Å². The maximum atomic E-state index is 14.0. The predicted octanol–water partition coefficient (Wildman–Crippen LogP) is 3.49. The second-order valence-corrected chi connectivity index (χ2v) is 8.49. The fourth-order valence-corrected chi connectivity index (χ4v) is 3.60. The Kier molecular flexibility index (Phi) is 8.78. The molecular weight excluding hydrogens is 603 g/mol. The number of aliphatic hydroxyl groups is 4. The number of aliphatic hydroxyl groups excluding tert-OH is 4. The van der Waals surface area contributed by atoms with Gasteiger partial charge in [-0.25, -0.2) is 0 Å². The molecule has 1 aliphatic heterocycles. The van der Waals surface area contributed by atoms with Crippen LogP contribution in [-0.2, 0) is 4.74 Å². The minimum atomic E-state index is -8.78. The van der Waals surface area contributed by atoms with Gasteiger partial charge in [-0.2, -0.15) is 74.6 Å². The summed E-state index contributed by atoms with van der Waals surface area (Å²) in [5, 5.41) is 30.1. The van der Waals surface area contributed by atoms with Crippen molar-refractivity contribution >= 4 is 11.8 Å². The molecule has 0 saturated carbocycles. The van der Waals surface area contributed by atoms with Gasteiger partial charge in [0.05, 0.1) is 6.61 Å². The van der Waals surface area contributed by atoms with Gasteiger partial charge in [0.2, 0.25) is 0 Å². The van der Waals surface area contributed by atoms with Crippen LogP contribution in [0.5, 0.6) is 0 Å². The maximum Gasteiger partial charge on any atom is 0.460 e. The summed E-state index contributed by atoms with van der Waals surface area (Å²) in [5.41, 5.74) is -3.18. The molecule has 0 aromatic rings. The number of hydrogen-bond donors (Lipinski definition) is 4. The summed E-state index contributed by atoms with van der Waals surface area (Å²) in [6.45, 7) is -1.47. The van der Waals surface area contributed by atoms with E-state index in [1.165, 1.54) is 0 Å². The van der Waals surface area contributed by atoms with Crippen LogP contribution in [0.1, 0.15) is 0 Å². The highest BCUT2D eigenvalue weighted by molar-refractivity contribution is 8.00. The molecule has 1 aliphatic rings. The summed E-state index contributed by atoms with van der Waals surface area (Å²) in [4.78, 5) is 0. The molecule has 0 bridgehead atoms. The Morgan fingerprint density at radius 1 is 0.514 bits per heavy atom. The van der Waals surface area contributed by atoms with Crippen LogP contribution in [0.3, 0.4) is 0 Å². The number of ether oxygens (including phenoxy) is 1. The number of alkyl halides is 17. The Labute approximate surface area is 196 Å². The summed E-state index contributed by atoms with van der Waals surface area (Å²) in [5.74, 6) is -51.0. The second kappa shape index (κ2) is 9.55. The second-order valence-electron chi connectivity index (χ2n) is 7.28. The summed E-state index contributed by atoms with van der Waals surface area (Å²) < 4.78 is 229. The minimum Gasteiger partial charge on any atom is -0.394 e. The fourth-order valence-electron chi connectivity index (χ4n) is 2.53. The van der Waals surface area contributed by atoms with E-state index < -0.39 is 95.2 Å². The van der Waals surface area contributed by atoms with Crippen molar-refractivity contribution in [1.29, 1.82) is 0 Å². The first-order valence-corrected chi connectivity index (χ1v) is 9.59. The monoisotopic (exact) mass is 614 g/mol. The minimum absolute atomic E-state index is 1.47. The van der Waals surface area contributed by atoms with E-state index in [2.05, 4.69) is 4.74 Å². The lowest BCUT2D eigenvalue weighted by molar-refractivity contribution is -0.458. The van der Waals surface area contributed by atoms with Crippen LogP contribution in [0.4, 0.5) is 74.6 Å². The molecule has 0 amide bonds. The van der Waals surface area contributed by atoms with Crippen molar-refractivity contribution in [2.24, 2.45) is 0 Å². The molecule has 0 aromatic heterocycles. The number of rotatable bonds is 9. The molecule has 1 rings (SSSR count). The highest BCUT2D eigenvalue weighted by Gasteiger charge is 2.95. The standard InChI is InChI=1S/C14H11F17O5S/c15-7(16,9(19,20)11(23,24)13(27,28)29)8(17,18)10(21,22)12(25,26)14(30,31)37-6-5(35)4(34)3(33)2(1-32)36-6/h2-6,32-35H,1H2/t2-,3-,4+,5-,6+/m1/s1. The lowest BCUT2D eigenvalue weighted by Gasteiger charge is -2.44. The molecule has 0 radical (unpaired) electrons. The first kappa shape index (κ1) is 34.0. The van der Waals surface area contributed by atoms with Gasteiger partial charge in [0.15, 0.2) is 0 Å². The van der Waals surface area contributed by atoms with E-state index in [0.717, 1.165) is 0 Å². The highest BCUT2D eigenvalue weighted by atomic mass is 32.2. The molecule has 0 aromatic carbocycles. The average Bonchev–Trinajstić information content (AvgIpc) is 2.72. The molecule has 23 heteroatoms. The Hall–Kier alpha value is -1.04. The van der Waals surface area contributed by atoms with E-state index in [-0.39, 0.29) is 0 Å². The lowest BCUT2D eigenvalue weighted by Crippen LogP contribution is -2.74. The van der Waals surface area contributed by atoms with E-state index in [1.54, 1.807) is 0 Å². The normalized spacial score (nSPS) is 28.0. The fraction of sp³-hybridized carbons (Fsp3) is 1.00. The van der Waals surface area contributed by atoms with Crippen molar-refractivity contribution in [2.45, 2.75) is 76.8 Å². The molecule has 0 spiro atoms. The average molecular weight is 614 g/mol. The summed E-state index contributed by atoms with van der Waals surface area (Å²) >= 11 is -2.18. The third-order valence-electron chi connectivity index (χ3n) is 4.81. The summed E-state index contributed by atoms with van der Waals surface area (Å²) in [6.07, 6.45) is -18.2. The van der Waals surface area contributed by atoms with Gasteiger partial charge in [0, 0.05) is 0 Å². The third kappa shape index (κ3) is 4.80. The molecule has 1 saturated heterocycles. The van der Waals surface area contributed by atoms with Gasteiger partial charge in [-0.05, 0) is 11.8 Å². The number of thioether (sulfide) groups is 1.